The van der Waals surface area contributed by atoms with Gasteiger partial charge < -0.3 is 4.90 Å². The topological polar surface area (TPSA) is 16.1 Å². The van der Waals surface area contributed by atoms with Crippen LogP contribution in [0.3, 0.4) is 0 Å². The van der Waals surface area contributed by atoms with Gasteiger partial charge in [-0.3, -0.25) is 0 Å². The van der Waals surface area contributed by atoms with E-state index in [1.54, 1.807) is 11.3 Å². The SMILES string of the molecule is Cc1ccc(CN(C)c2nc3ccccc3s2)cc1. The molecule has 0 aliphatic rings. The Hall–Kier alpha value is -1.87. The Labute approximate surface area is 117 Å². The molecule has 0 amide bonds. The molecule has 0 aliphatic heterocycles. The molecule has 19 heavy (non-hydrogen) atoms. The molecule has 2 nitrogen and oxygen atoms in total. The third-order valence-corrected chi connectivity index (χ3v) is 4.30. The number of aryl methyl sites for hydroxylation is 1. The number of thiazole rings is 1. The van der Waals surface area contributed by atoms with Crippen LogP contribution in [0.2, 0.25) is 0 Å². The molecule has 0 unspecified atom stereocenters. The van der Waals surface area contributed by atoms with E-state index in [9.17, 15) is 0 Å². The molecule has 0 fully saturated rings. The molecule has 0 N–H and O–H groups in total. The summed E-state index contributed by atoms with van der Waals surface area (Å²) >= 11 is 1.74. The minimum atomic E-state index is 0.889. The second kappa shape index (κ2) is 5.02. The lowest BCUT2D eigenvalue weighted by Gasteiger charge is -2.15. The van der Waals surface area contributed by atoms with Crippen LogP contribution in [0.1, 0.15) is 11.1 Å². The molecule has 96 valence electrons. The molecule has 0 saturated carbocycles. The molecule has 1 aromatic heterocycles. The van der Waals surface area contributed by atoms with E-state index in [0.717, 1.165) is 17.2 Å². The quantitative estimate of drug-likeness (QED) is 0.706. The number of aromatic nitrogens is 1. The Morgan fingerprint density at radius 3 is 2.53 bits per heavy atom. The zero-order chi connectivity index (χ0) is 13.2. The van der Waals surface area contributed by atoms with Gasteiger partial charge in [-0.2, -0.15) is 0 Å². The lowest BCUT2D eigenvalue weighted by molar-refractivity contribution is 0.916. The molecular formula is C16H16N2S. The van der Waals surface area contributed by atoms with Crippen molar-refractivity contribution in [3.05, 3.63) is 59.7 Å². The maximum absolute atomic E-state index is 4.67. The van der Waals surface area contributed by atoms with Crippen LogP contribution in [-0.2, 0) is 6.54 Å². The second-order valence-electron chi connectivity index (χ2n) is 4.81. The first-order chi connectivity index (χ1) is 9.22. The molecular weight excluding hydrogens is 252 g/mol. The van der Waals surface area contributed by atoms with Gasteiger partial charge in [0.15, 0.2) is 5.13 Å². The first-order valence-corrected chi connectivity index (χ1v) is 7.16. The summed E-state index contributed by atoms with van der Waals surface area (Å²) in [5.41, 5.74) is 3.69. The summed E-state index contributed by atoms with van der Waals surface area (Å²) in [7, 11) is 2.09. The summed E-state index contributed by atoms with van der Waals surface area (Å²) in [6.45, 7) is 3.00. The lowest BCUT2D eigenvalue weighted by atomic mass is 10.1. The van der Waals surface area contributed by atoms with E-state index < -0.39 is 0 Å². The van der Waals surface area contributed by atoms with Gasteiger partial charge in [0.1, 0.15) is 0 Å². The molecule has 0 aliphatic carbocycles. The number of hydrogen-bond acceptors (Lipinski definition) is 3. The van der Waals surface area contributed by atoms with Crippen LogP contribution in [0, 0.1) is 6.92 Å². The summed E-state index contributed by atoms with van der Waals surface area (Å²) < 4.78 is 1.24. The first kappa shape index (κ1) is 12.2. The van der Waals surface area contributed by atoms with E-state index >= 15 is 0 Å². The number of rotatable bonds is 3. The summed E-state index contributed by atoms with van der Waals surface area (Å²) in [6, 6.07) is 16.9. The predicted molar refractivity (Wildman–Crippen MR) is 82.9 cm³/mol. The van der Waals surface area contributed by atoms with Crippen molar-refractivity contribution in [2.75, 3.05) is 11.9 Å². The number of benzene rings is 2. The maximum atomic E-state index is 4.67. The lowest BCUT2D eigenvalue weighted by Crippen LogP contribution is -2.15. The zero-order valence-electron chi connectivity index (χ0n) is 11.1. The van der Waals surface area contributed by atoms with Crippen LogP contribution < -0.4 is 4.90 Å². The average Bonchev–Trinajstić information content (AvgIpc) is 2.85. The van der Waals surface area contributed by atoms with E-state index in [2.05, 4.69) is 66.3 Å². The van der Waals surface area contributed by atoms with Crippen LogP contribution in [0.5, 0.6) is 0 Å². The summed E-state index contributed by atoms with van der Waals surface area (Å²) in [6.07, 6.45) is 0. The molecule has 0 atom stereocenters. The molecule has 0 bridgehead atoms. The fourth-order valence-electron chi connectivity index (χ4n) is 2.06. The van der Waals surface area contributed by atoms with Crippen molar-refractivity contribution in [3.8, 4) is 0 Å². The molecule has 2 aromatic carbocycles. The molecule has 0 radical (unpaired) electrons. The fraction of sp³-hybridized carbons (Fsp3) is 0.188. The Morgan fingerprint density at radius 2 is 1.79 bits per heavy atom. The Bertz CT molecular complexity index is 652. The highest BCUT2D eigenvalue weighted by Gasteiger charge is 2.08. The molecule has 0 spiro atoms. The number of nitrogens with zero attached hydrogens (tertiary/aromatic N) is 2. The van der Waals surface area contributed by atoms with E-state index in [1.165, 1.54) is 15.8 Å². The van der Waals surface area contributed by atoms with Gasteiger partial charge >= 0.3 is 0 Å². The van der Waals surface area contributed by atoms with Gasteiger partial charge in [0.25, 0.3) is 0 Å². The number of anilines is 1. The van der Waals surface area contributed by atoms with E-state index in [-0.39, 0.29) is 0 Å². The standard InChI is InChI=1S/C16H16N2S/c1-12-7-9-13(10-8-12)11-18(2)16-17-14-5-3-4-6-15(14)19-16/h3-10H,11H2,1-2H3. The van der Waals surface area contributed by atoms with Crippen molar-refractivity contribution in [3.63, 3.8) is 0 Å². The van der Waals surface area contributed by atoms with Crippen LogP contribution in [0.4, 0.5) is 5.13 Å². The molecule has 1 heterocycles. The van der Waals surface area contributed by atoms with Gasteiger partial charge in [-0.15, -0.1) is 0 Å². The van der Waals surface area contributed by atoms with E-state index in [4.69, 9.17) is 0 Å². The third kappa shape index (κ3) is 2.61. The highest BCUT2D eigenvalue weighted by molar-refractivity contribution is 7.22. The summed E-state index contributed by atoms with van der Waals surface area (Å²) in [5, 5.41) is 1.07. The number of hydrogen-bond donors (Lipinski definition) is 0. The van der Waals surface area contributed by atoms with Gasteiger partial charge in [-0.1, -0.05) is 53.3 Å². The smallest absolute Gasteiger partial charge is 0.186 e. The summed E-state index contributed by atoms with van der Waals surface area (Å²) in [4.78, 5) is 6.87. The first-order valence-electron chi connectivity index (χ1n) is 6.34. The second-order valence-corrected chi connectivity index (χ2v) is 5.81. The molecule has 0 saturated heterocycles. The van der Waals surface area contributed by atoms with Gasteiger partial charge in [0.05, 0.1) is 10.2 Å². The van der Waals surface area contributed by atoms with Crippen LogP contribution >= 0.6 is 11.3 Å². The minimum absolute atomic E-state index is 0.889. The normalized spacial score (nSPS) is 10.8. The van der Waals surface area contributed by atoms with Gasteiger partial charge in [-0.05, 0) is 24.6 Å². The molecule has 3 heteroatoms. The largest absolute Gasteiger partial charge is 0.347 e. The average molecular weight is 268 g/mol. The monoisotopic (exact) mass is 268 g/mol. The summed E-state index contributed by atoms with van der Waals surface area (Å²) in [5.74, 6) is 0. The zero-order valence-corrected chi connectivity index (χ0v) is 11.9. The Balaban J connectivity index is 1.83. The van der Waals surface area contributed by atoms with Crippen molar-refractivity contribution < 1.29 is 0 Å². The minimum Gasteiger partial charge on any atom is -0.347 e. The van der Waals surface area contributed by atoms with Crippen molar-refractivity contribution in [1.82, 2.24) is 4.98 Å². The number of fused-ring (bicyclic) bond motifs is 1. The van der Waals surface area contributed by atoms with E-state index in [1.807, 2.05) is 6.07 Å². The highest BCUT2D eigenvalue weighted by Crippen LogP contribution is 2.28. The highest BCUT2D eigenvalue weighted by atomic mass is 32.1. The predicted octanol–water partition coefficient (Wildman–Crippen LogP) is 4.24. The molecule has 3 aromatic rings. The van der Waals surface area contributed by atoms with Crippen LogP contribution in [-0.4, -0.2) is 12.0 Å². The Kier molecular flexibility index (Phi) is 3.22. The van der Waals surface area contributed by atoms with Gasteiger partial charge in [0, 0.05) is 13.6 Å². The Morgan fingerprint density at radius 1 is 1.05 bits per heavy atom. The van der Waals surface area contributed by atoms with Crippen molar-refractivity contribution in [2.45, 2.75) is 13.5 Å². The maximum Gasteiger partial charge on any atom is 0.186 e. The van der Waals surface area contributed by atoms with Gasteiger partial charge in [0.2, 0.25) is 0 Å². The van der Waals surface area contributed by atoms with Gasteiger partial charge in [-0.25, -0.2) is 4.98 Å². The van der Waals surface area contributed by atoms with Crippen molar-refractivity contribution in [1.29, 1.82) is 0 Å². The fourth-order valence-corrected chi connectivity index (χ4v) is 2.98. The van der Waals surface area contributed by atoms with Crippen molar-refractivity contribution >= 4 is 26.7 Å². The van der Waals surface area contributed by atoms with Crippen LogP contribution in [0.15, 0.2) is 48.5 Å². The molecule has 3 rings (SSSR count). The van der Waals surface area contributed by atoms with Crippen LogP contribution in [0.25, 0.3) is 10.2 Å². The number of para-hydroxylation sites is 1. The van der Waals surface area contributed by atoms with Crippen molar-refractivity contribution in [2.24, 2.45) is 0 Å². The third-order valence-electron chi connectivity index (χ3n) is 3.15. The van der Waals surface area contributed by atoms with E-state index in [0.29, 0.717) is 0 Å².